The molecule has 2 aromatic carbocycles. The molecule has 1 aliphatic carbocycles. The summed E-state index contributed by atoms with van der Waals surface area (Å²) in [7, 11) is 1.67. The Labute approximate surface area is 271 Å². The number of amides is 1. The second-order valence-electron chi connectivity index (χ2n) is 13.4. The second-order valence-corrected chi connectivity index (χ2v) is 13.4. The number of aromatic nitrogens is 4. The number of nitrogens with one attached hydrogen (secondary N) is 1. The molecular weight excluding hydrogens is 576 g/mol. The molecular formula is C36H44N8O2. The minimum atomic E-state index is -0.321. The number of nitrogens with zero attached hydrogens (tertiary/aromatic N) is 6. The molecule has 2 atom stereocenters. The number of fused-ring (bicyclic) bond motifs is 4. The van der Waals surface area contributed by atoms with Gasteiger partial charge in [0.2, 0.25) is 0 Å². The molecule has 0 unspecified atom stereocenters. The monoisotopic (exact) mass is 620 g/mol. The Bertz CT molecular complexity index is 1720. The molecule has 2 fully saturated rings. The van der Waals surface area contributed by atoms with Gasteiger partial charge in [-0.15, -0.1) is 5.10 Å². The van der Waals surface area contributed by atoms with E-state index in [-0.39, 0.29) is 17.3 Å². The second kappa shape index (κ2) is 12.8. The van der Waals surface area contributed by atoms with Crippen molar-refractivity contribution < 1.29 is 9.53 Å². The first-order chi connectivity index (χ1) is 22.3. The van der Waals surface area contributed by atoms with Gasteiger partial charge >= 0.3 is 0 Å². The first-order valence-corrected chi connectivity index (χ1v) is 16.6. The molecule has 2 aliphatic heterocycles. The third-order valence-electron chi connectivity index (χ3n) is 9.82. The van der Waals surface area contributed by atoms with Gasteiger partial charge in [0, 0.05) is 55.4 Å². The molecule has 2 saturated heterocycles. The van der Waals surface area contributed by atoms with Gasteiger partial charge in [0.15, 0.2) is 5.82 Å². The molecule has 2 aromatic heterocycles. The van der Waals surface area contributed by atoms with Gasteiger partial charge in [-0.05, 0) is 98.0 Å². The van der Waals surface area contributed by atoms with Crippen LogP contribution in [-0.2, 0) is 19.3 Å². The summed E-state index contributed by atoms with van der Waals surface area (Å²) < 4.78 is 6.88. The lowest BCUT2D eigenvalue weighted by atomic mass is 9.90. The highest BCUT2D eigenvalue weighted by Gasteiger charge is 2.36. The van der Waals surface area contributed by atoms with Gasteiger partial charge in [0.05, 0.1) is 12.8 Å². The Morgan fingerprint density at radius 1 is 1.11 bits per heavy atom. The minimum absolute atomic E-state index is 0.124. The Morgan fingerprint density at radius 3 is 2.74 bits per heavy atom. The Hall–Kier alpha value is -4.28. The first-order valence-electron chi connectivity index (χ1n) is 16.6. The lowest BCUT2D eigenvalue weighted by molar-refractivity contribution is 0.0421. The number of hydrogen-bond donors (Lipinski definition) is 2. The van der Waals surface area contributed by atoms with Gasteiger partial charge < -0.3 is 15.8 Å². The van der Waals surface area contributed by atoms with Crippen molar-refractivity contribution >= 4 is 17.4 Å². The highest BCUT2D eigenvalue weighted by atomic mass is 16.5. The van der Waals surface area contributed by atoms with Crippen LogP contribution >= 0.6 is 0 Å². The average molecular weight is 621 g/mol. The predicted octanol–water partition coefficient (Wildman–Crippen LogP) is 5.01. The third-order valence-corrected chi connectivity index (χ3v) is 9.82. The van der Waals surface area contributed by atoms with Crippen LogP contribution in [0.25, 0.3) is 17.2 Å². The molecule has 46 heavy (non-hydrogen) atoms. The zero-order chi connectivity index (χ0) is 31.8. The van der Waals surface area contributed by atoms with Gasteiger partial charge in [-0.2, -0.15) is 0 Å². The zero-order valence-electron chi connectivity index (χ0n) is 27.1. The lowest BCUT2D eigenvalue weighted by Crippen LogP contribution is -2.56. The number of methoxy groups -OCH3 is 1. The molecule has 0 radical (unpaired) electrons. The summed E-state index contributed by atoms with van der Waals surface area (Å²) in [4.78, 5) is 28.1. The molecule has 0 spiro atoms. The van der Waals surface area contributed by atoms with Crippen molar-refractivity contribution in [3.8, 4) is 23.0 Å². The zero-order valence-corrected chi connectivity index (χ0v) is 27.1. The summed E-state index contributed by atoms with van der Waals surface area (Å²) in [5.41, 5.74) is 12.7. The van der Waals surface area contributed by atoms with Crippen LogP contribution in [0, 0.1) is 5.92 Å². The van der Waals surface area contributed by atoms with Crippen LogP contribution in [0.3, 0.4) is 0 Å². The quantitative estimate of drug-likeness (QED) is 0.269. The number of aryl methyl sites for hydroxylation is 2. The van der Waals surface area contributed by atoms with E-state index in [0.29, 0.717) is 17.9 Å². The topological polar surface area (TPSA) is 114 Å². The van der Waals surface area contributed by atoms with E-state index in [1.54, 1.807) is 13.3 Å². The van der Waals surface area contributed by atoms with E-state index in [1.165, 1.54) is 54.7 Å². The van der Waals surface area contributed by atoms with Crippen LogP contribution in [-0.4, -0.2) is 80.8 Å². The van der Waals surface area contributed by atoms with E-state index in [1.807, 2.05) is 30.5 Å². The number of nitrogens with two attached hydrogens (primary N) is 1. The van der Waals surface area contributed by atoms with Crippen molar-refractivity contribution in [1.82, 2.24) is 29.5 Å². The van der Waals surface area contributed by atoms with Crippen LogP contribution in [0.5, 0.6) is 5.75 Å². The summed E-state index contributed by atoms with van der Waals surface area (Å²) in [6, 6.07) is 15.5. The SMILES string of the molecule is COc1ccc2c(c1)CCc1cnc(-n3cc(C(=O)Nc4ccc(CCN5C[C@@H]6CCCN6C[C@@H]5CC(C)C)cc4)c(N)n3)nc1-2. The molecule has 0 bridgehead atoms. The van der Waals surface area contributed by atoms with Gasteiger partial charge in [0.1, 0.15) is 11.3 Å². The van der Waals surface area contributed by atoms with Crippen LogP contribution in [0.4, 0.5) is 11.5 Å². The number of piperazine rings is 1. The van der Waals surface area contributed by atoms with Crippen LogP contribution < -0.4 is 15.8 Å². The number of ether oxygens (including phenoxy) is 1. The normalized spacial score (nSPS) is 19.5. The maximum absolute atomic E-state index is 13.3. The molecule has 10 nitrogen and oxygen atoms in total. The van der Waals surface area contributed by atoms with Crippen molar-refractivity contribution in [3.05, 3.63) is 77.1 Å². The van der Waals surface area contributed by atoms with E-state index in [2.05, 4.69) is 57.2 Å². The van der Waals surface area contributed by atoms with E-state index in [9.17, 15) is 4.79 Å². The fourth-order valence-corrected chi connectivity index (χ4v) is 7.41. The summed E-state index contributed by atoms with van der Waals surface area (Å²) in [5, 5.41) is 7.37. The summed E-state index contributed by atoms with van der Waals surface area (Å²) >= 11 is 0. The molecule has 3 N–H and O–H groups in total. The molecule has 1 amide bonds. The number of rotatable bonds is 9. The number of carbonyl (C=O) groups is 1. The van der Waals surface area contributed by atoms with Gasteiger partial charge in [-0.3, -0.25) is 14.6 Å². The standard InChI is InChI=1S/C36H44N8O2/c1-23(2)17-29-21-42-15-4-5-28(42)20-43(29)16-14-24-6-10-27(11-7-24)39-35(45)32-22-44(41-34(32)37)36-38-19-26-9-8-25-18-30(46-3)12-13-31(25)33(26)40-36/h6-7,10-13,18-19,22-23,28-29H,4-5,8-9,14-17,20-21H2,1-3H3,(H2,37,41)(H,39,45)/t28-,29-/m0/s1. The molecule has 240 valence electrons. The van der Waals surface area contributed by atoms with Crippen molar-refractivity contribution in [3.63, 3.8) is 0 Å². The Balaban J connectivity index is 1.00. The van der Waals surface area contributed by atoms with E-state index in [4.69, 9.17) is 15.5 Å². The summed E-state index contributed by atoms with van der Waals surface area (Å²) in [6.45, 7) is 9.38. The van der Waals surface area contributed by atoms with Gasteiger partial charge in [-0.25, -0.2) is 14.6 Å². The van der Waals surface area contributed by atoms with Crippen molar-refractivity contribution in [1.29, 1.82) is 0 Å². The number of anilines is 2. The number of carbonyl (C=O) groups excluding carboxylic acids is 1. The molecule has 0 saturated carbocycles. The molecule has 4 aromatic rings. The summed E-state index contributed by atoms with van der Waals surface area (Å²) in [5.74, 6) is 1.69. The van der Waals surface area contributed by atoms with Crippen LogP contribution in [0.15, 0.2) is 54.9 Å². The third kappa shape index (κ3) is 6.24. The Kier molecular flexibility index (Phi) is 8.48. The van der Waals surface area contributed by atoms with Gasteiger partial charge in [-0.1, -0.05) is 26.0 Å². The molecule has 10 heteroatoms. The van der Waals surface area contributed by atoms with Crippen LogP contribution in [0.1, 0.15) is 60.2 Å². The maximum Gasteiger partial charge on any atom is 0.261 e. The largest absolute Gasteiger partial charge is 0.497 e. The van der Waals surface area contributed by atoms with E-state index < -0.39 is 0 Å². The van der Waals surface area contributed by atoms with E-state index in [0.717, 1.165) is 60.1 Å². The Morgan fingerprint density at radius 2 is 1.93 bits per heavy atom. The molecule has 7 rings (SSSR count). The fraction of sp³-hybridized carbons (Fsp3) is 0.444. The van der Waals surface area contributed by atoms with Crippen LogP contribution in [0.2, 0.25) is 0 Å². The highest BCUT2D eigenvalue weighted by molar-refractivity contribution is 6.07. The van der Waals surface area contributed by atoms with E-state index >= 15 is 0 Å². The van der Waals surface area contributed by atoms with Crippen molar-refractivity contribution in [2.45, 2.75) is 64.5 Å². The summed E-state index contributed by atoms with van der Waals surface area (Å²) in [6.07, 6.45) is 10.1. The number of benzene rings is 2. The molecule has 4 heterocycles. The number of hydrogen-bond acceptors (Lipinski definition) is 8. The number of nitrogen functional groups attached to an aromatic ring is 1. The fourth-order valence-electron chi connectivity index (χ4n) is 7.41. The predicted molar refractivity (Wildman–Crippen MR) is 180 cm³/mol. The smallest absolute Gasteiger partial charge is 0.261 e. The molecule has 3 aliphatic rings. The first kappa shape index (κ1) is 30.4. The average Bonchev–Trinajstić information content (AvgIpc) is 3.69. The van der Waals surface area contributed by atoms with Crippen molar-refractivity contribution in [2.24, 2.45) is 5.92 Å². The van der Waals surface area contributed by atoms with Crippen molar-refractivity contribution in [2.75, 3.05) is 44.3 Å². The maximum atomic E-state index is 13.3. The lowest BCUT2D eigenvalue weighted by Gasteiger charge is -2.44. The highest BCUT2D eigenvalue weighted by Crippen LogP contribution is 2.34. The van der Waals surface area contributed by atoms with Gasteiger partial charge in [0.25, 0.3) is 11.9 Å². The minimum Gasteiger partial charge on any atom is -0.497 e.